The lowest BCUT2D eigenvalue weighted by molar-refractivity contribution is 0.377. The number of halogens is 2. The van der Waals surface area contributed by atoms with E-state index in [-0.39, 0.29) is 15.7 Å². The fourth-order valence-corrected chi connectivity index (χ4v) is 3.56. The van der Waals surface area contributed by atoms with Gasteiger partial charge in [0.15, 0.2) is 9.84 Å². The Morgan fingerprint density at radius 3 is 2.57 bits per heavy atom. The van der Waals surface area contributed by atoms with Crippen LogP contribution in [0.5, 0.6) is 0 Å². The maximum atomic E-state index is 12.2. The maximum Gasteiger partial charge on any atom is 0.178 e. The van der Waals surface area contributed by atoms with E-state index in [1.54, 1.807) is 0 Å². The predicted molar refractivity (Wildman–Crippen MR) is 82.7 cm³/mol. The van der Waals surface area contributed by atoms with Gasteiger partial charge in [-0.05, 0) is 31.0 Å². The van der Waals surface area contributed by atoms with Gasteiger partial charge in [0.25, 0.3) is 0 Å². The van der Waals surface area contributed by atoms with Gasteiger partial charge in [0, 0.05) is 12.5 Å². The summed E-state index contributed by atoms with van der Waals surface area (Å²) in [5.41, 5.74) is 0.873. The molecule has 1 aromatic heterocycles. The Kier molecular flexibility index (Phi) is 5.30. The van der Waals surface area contributed by atoms with Gasteiger partial charge in [0.05, 0.1) is 26.4 Å². The first-order valence-corrected chi connectivity index (χ1v) is 8.95. The minimum absolute atomic E-state index is 0.0210. The Bertz CT molecular complexity index is 726. The van der Waals surface area contributed by atoms with E-state index in [1.807, 2.05) is 13.0 Å². The van der Waals surface area contributed by atoms with Crippen molar-refractivity contribution in [3.8, 4) is 0 Å². The summed E-state index contributed by atoms with van der Waals surface area (Å²) < 4.78 is 29.5. The molecule has 0 fully saturated rings. The average molecular weight is 348 g/mol. The van der Waals surface area contributed by atoms with Crippen LogP contribution in [0.15, 0.2) is 33.7 Å². The SMILES string of the molecule is CCc1cc(CCCS(=O)(=O)c2ccc(Cl)c(Cl)c2)on1. The number of aryl methyl sites for hydroxylation is 2. The molecule has 0 bridgehead atoms. The smallest absolute Gasteiger partial charge is 0.178 e. The van der Waals surface area contributed by atoms with Gasteiger partial charge < -0.3 is 4.52 Å². The zero-order valence-electron chi connectivity index (χ0n) is 11.5. The van der Waals surface area contributed by atoms with Crippen LogP contribution in [0.1, 0.15) is 24.8 Å². The van der Waals surface area contributed by atoms with Crippen molar-refractivity contribution in [1.29, 1.82) is 0 Å². The van der Waals surface area contributed by atoms with Gasteiger partial charge in [-0.15, -0.1) is 0 Å². The largest absolute Gasteiger partial charge is 0.361 e. The number of aromatic nitrogens is 1. The fraction of sp³-hybridized carbons (Fsp3) is 0.357. The van der Waals surface area contributed by atoms with Gasteiger partial charge in [-0.25, -0.2) is 8.42 Å². The molecule has 0 N–H and O–H groups in total. The van der Waals surface area contributed by atoms with Crippen molar-refractivity contribution in [3.05, 3.63) is 45.8 Å². The summed E-state index contributed by atoms with van der Waals surface area (Å²) in [6, 6.07) is 6.18. The highest BCUT2D eigenvalue weighted by Crippen LogP contribution is 2.25. The maximum absolute atomic E-state index is 12.2. The van der Waals surface area contributed by atoms with Crippen molar-refractivity contribution < 1.29 is 12.9 Å². The summed E-state index contributed by atoms with van der Waals surface area (Å²) in [5, 5.41) is 4.45. The van der Waals surface area contributed by atoms with E-state index in [9.17, 15) is 8.42 Å². The van der Waals surface area contributed by atoms with Crippen molar-refractivity contribution in [2.24, 2.45) is 0 Å². The predicted octanol–water partition coefficient (Wildman–Crippen LogP) is 3.95. The summed E-state index contributed by atoms with van der Waals surface area (Å²) in [5.74, 6) is 0.726. The Morgan fingerprint density at radius 1 is 1.19 bits per heavy atom. The van der Waals surface area contributed by atoms with Crippen molar-refractivity contribution in [2.75, 3.05) is 5.75 Å². The van der Waals surface area contributed by atoms with Crippen LogP contribution in [0.4, 0.5) is 0 Å². The number of sulfone groups is 1. The minimum atomic E-state index is -3.37. The molecule has 0 spiro atoms. The highest BCUT2D eigenvalue weighted by molar-refractivity contribution is 7.91. The second kappa shape index (κ2) is 6.81. The van der Waals surface area contributed by atoms with Crippen LogP contribution in [0.2, 0.25) is 10.0 Å². The van der Waals surface area contributed by atoms with E-state index in [2.05, 4.69) is 5.16 Å². The molecule has 0 amide bonds. The summed E-state index contributed by atoms with van der Waals surface area (Å²) in [6.07, 6.45) is 1.79. The lowest BCUT2D eigenvalue weighted by atomic mass is 10.2. The first-order valence-electron chi connectivity index (χ1n) is 6.54. The quantitative estimate of drug-likeness (QED) is 0.793. The number of hydrogen-bond donors (Lipinski definition) is 0. The van der Waals surface area contributed by atoms with Crippen LogP contribution in [0, 0.1) is 0 Å². The third-order valence-electron chi connectivity index (χ3n) is 3.06. The topological polar surface area (TPSA) is 60.2 Å². The van der Waals surface area contributed by atoms with Gasteiger partial charge in [-0.3, -0.25) is 0 Å². The molecule has 0 radical (unpaired) electrons. The van der Waals surface area contributed by atoms with Crippen molar-refractivity contribution in [3.63, 3.8) is 0 Å². The molecule has 0 atom stereocenters. The van der Waals surface area contributed by atoms with Crippen LogP contribution in [0.3, 0.4) is 0 Å². The van der Waals surface area contributed by atoms with Crippen LogP contribution in [-0.2, 0) is 22.7 Å². The number of hydrogen-bond acceptors (Lipinski definition) is 4. The van der Waals surface area contributed by atoms with Crippen molar-refractivity contribution in [1.82, 2.24) is 5.16 Å². The van der Waals surface area contributed by atoms with E-state index < -0.39 is 9.84 Å². The molecule has 7 heteroatoms. The van der Waals surface area contributed by atoms with Crippen LogP contribution >= 0.6 is 23.2 Å². The molecule has 1 heterocycles. The highest BCUT2D eigenvalue weighted by atomic mass is 35.5. The first kappa shape index (κ1) is 16.3. The molecule has 0 aliphatic carbocycles. The molecule has 114 valence electrons. The summed E-state index contributed by atoms with van der Waals surface area (Å²) in [6.45, 7) is 1.98. The molecule has 0 saturated heterocycles. The van der Waals surface area contributed by atoms with Crippen molar-refractivity contribution >= 4 is 33.0 Å². The molecular weight excluding hydrogens is 333 g/mol. The molecular formula is C14H15Cl2NO3S. The Balaban J connectivity index is 1.99. The molecule has 0 aliphatic rings. The van der Waals surface area contributed by atoms with Gasteiger partial charge in [0.1, 0.15) is 5.76 Å². The van der Waals surface area contributed by atoms with E-state index in [0.29, 0.717) is 23.6 Å². The molecule has 0 unspecified atom stereocenters. The molecule has 1 aromatic carbocycles. The minimum Gasteiger partial charge on any atom is -0.361 e. The van der Waals surface area contributed by atoms with E-state index in [0.717, 1.165) is 12.1 Å². The second-order valence-corrected chi connectivity index (χ2v) is 7.56. The Labute approximate surface area is 134 Å². The van der Waals surface area contributed by atoms with Crippen LogP contribution in [0.25, 0.3) is 0 Å². The lowest BCUT2D eigenvalue weighted by Gasteiger charge is -2.05. The number of benzene rings is 1. The van der Waals surface area contributed by atoms with Gasteiger partial charge in [-0.1, -0.05) is 35.3 Å². The molecule has 0 saturated carbocycles. The Hall–Kier alpha value is -1.04. The average Bonchev–Trinajstić information content (AvgIpc) is 2.89. The third kappa shape index (κ3) is 4.22. The Morgan fingerprint density at radius 2 is 1.95 bits per heavy atom. The van der Waals surface area contributed by atoms with Gasteiger partial charge in [0.2, 0.25) is 0 Å². The summed E-state index contributed by atoms with van der Waals surface area (Å²) in [4.78, 5) is 0.184. The molecule has 21 heavy (non-hydrogen) atoms. The molecule has 0 aliphatic heterocycles. The van der Waals surface area contributed by atoms with Crippen LogP contribution < -0.4 is 0 Å². The summed E-state index contributed by atoms with van der Waals surface area (Å²) in [7, 11) is -3.37. The number of nitrogens with zero attached hydrogens (tertiary/aromatic N) is 1. The van der Waals surface area contributed by atoms with Gasteiger partial charge >= 0.3 is 0 Å². The standard InChI is InChI=1S/C14H15Cl2NO3S/c1-2-10-8-11(20-17-10)4-3-7-21(18,19)12-5-6-13(15)14(16)9-12/h5-6,8-9H,2-4,7H2,1H3. The monoisotopic (exact) mass is 347 g/mol. The fourth-order valence-electron chi connectivity index (χ4n) is 1.86. The number of rotatable bonds is 6. The van der Waals surface area contributed by atoms with Crippen LogP contribution in [-0.4, -0.2) is 19.3 Å². The van der Waals surface area contributed by atoms with E-state index in [1.165, 1.54) is 18.2 Å². The highest BCUT2D eigenvalue weighted by Gasteiger charge is 2.16. The second-order valence-electron chi connectivity index (χ2n) is 4.64. The van der Waals surface area contributed by atoms with E-state index in [4.69, 9.17) is 27.7 Å². The zero-order chi connectivity index (χ0) is 15.5. The normalized spacial score (nSPS) is 11.8. The van der Waals surface area contributed by atoms with Crippen molar-refractivity contribution in [2.45, 2.75) is 31.1 Å². The third-order valence-corrected chi connectivity index (χ3v) is 5.59. The summed E-state index contributed by atoms with van der Waals surface area (Å²) >= 11 is 11.6. The van der Waals surface area contributed by atoms with E-state index >= 15 is 0 Å². The zero-order valence-corrected chi connectivity index (χ0v) is 13.8. The lowest BCUT2D eigenvalue weighted by Crippen LogP contribution is -2.07. The first-order chi connectivity index (χ1) is 9.92. The molecule has 2 rings (SSSR count). The molecule has 4 nitrogen and oxygen atoms in total. The molecule has 2 aromatic rings. The van der Waals surface area contributed by atoms with Gasteiger partial charge in [-0.2, -0.15) is 0 Å².